The maximum atomic E-state index is 13.1. The summed E-state index contributed by atoms with van der Waals surface area (Å²) in [6, 6.07) is 27.9. The first-order valence-electron chi connectivity index (χ1n) is 11.5. The van der Waals surface area contributed by atoms with Crippen LogP contribution >= 0.6 is 0 Å². The van der Waals surface area contributed by atoms with E-state index in [0.29, 0.717) is 0 Å². The van der Waals surface area contributed by atoms with Gasteiger partial charge in [0.2, 0.25) is 0 Å². The molecule has 0 saturated carbocycles. The molecule has 0 saturated heterocycles. The van der Waals surface area contributed by atoms with Crippen LogP contribution in [-0.4, -0.2) is 23.9 Å². The Morgan fingerprint density at radius 2 is 1.25 bits per heavy atom. The second-order valence-electron chi connectivity index (χ2n) is 8.26. The van der Waals surface area contributed by atoms with Crippen LogP contribution in [0.3, 0.4) is 0 Å². The largest absolute Gasteiger partial charge is 0.461 e. The van der Waals surface area contributed by atoms with Gasteiger partial charge in [-0.15, -0.1) is 0 Å². The van der Waals surface area contributed by atoms with Gasteiger partial charge in [0, 0.05) is 5.69 Å². The highest BCUT2D eigenvalue weighted by atomic mass is 16.5. The van der Waals surface area contributed by atoms with Gasteiger partial charge < -0.3 is 20.5 Å². The normalized spacial score (nSPS) is 11.4. The summed E-state index contributed by atoms with van der Waals surface area (Å²) in [5.41, 5.74) is 8.16. The van der Waals surface area contributed by atoms with Gasteiger partial charge in [0.15, 0.2) is 0 Å². The fourth-order valence-electron chi connectivity index (χ4n) is 3.68. The minimum Gasteiger partial charge on any atom is -0.461 e. The number of carbonyl (C=O) groups is 3. The molecule has 1 amide bonds. The van der Waals surface area contributed by atoms with E-state index in [1.807, 2.05) is 84.9 Å². The van der Waals surface area contributed by atoms with E-state index in [1.165, 1.54) is 0 Å². The summed E-state index contributed by atoms with van der Waals surface area (Å²) in [4.78, 5) is 38.6. The van der Waals surface area contributed by atoms with Crippen molar-refractivity contribution in [3.63, 3.8) is 0 Å². The molecule has 0 aliphatic heterocycles. The fourth-order valence-corrected chi connectivity index (χ4v) is 3.68. The highest BCUT2D eigenvalue weighted by Crippen LogP contribution is 2.22. The predicted octanol–water partition coefficient (Wildman–Crippen LogP) is 4.40. The summed E-state index contributed by atoms with van der Waals surface area (Å²) in [5, 5.41) is 4.32. The number of nitrogens with two attached hydrogens (primary N) is 1. The molecule has 1 atom stereocenters. The van der Waals surface area contributed by atoms with Crippen LogP contribution in [0.2, 0.25) is 0 Å². The number of amides is 1. The Morgan fingerprint density at radius 1 is 0.722 bits per heavy atom. The quantitative estimate of drug-likeness (QED) is 0.271. The minimum absolute atomic E-state index is 0.00319. The third kappa shape index (κ3) is 6.48. The number of anilines is 1. The number of nitrogen functional groups attached to an aromatic ring is 1. The zero-order valence-corrected chi connectivity index (χ0v) is 19.6. The molecule has 4 aromatic rings. The Hall–Kier alpha value is -4.65. The van der Waals surface area contributed by atoms with Gasteiger partial charge in [-0.3, -0.25) is 9.59 Å². The van der Waals surface area contributed by atoms with Gasteiger partial charge in [0.1, 0.15) is 19.3 Å². The average molecular weight is 483 g/mol. The molecule has 0 unspecified atom stereocenters. The van der Waals surface area contributed by atoms with Gasteiger partial charge in [-0.05, 0) is 34.0 Å². The highest BCUT2D eigenvalue weighted by Gasteiger charge is 2.27. The van der Waals surface area contributed by atoms with Crippen molar-refractivity contribution in [1.29, 1.82) is 0 Å². The summed E-state index contributed by atoms with van der Waals surface area (Å²) in [6.45, 7) is 0.0558. The van der Waals surface area contributed by atoms with E-state index in [1.54, 1.807) is 12.1 Å². The van der Waals surface area contributed by atoms with E-state index in [2.05, 4.69) is 5.32 Å². The van der Waals surface area contributed by atoms with E-state index < -0.39 is 23.9 Å². The highest BCUT2D eigenvalue weighted by molar-refractivity contribution is 6.05. The van der Waals surface area contributed by atoms with E-state index >= 15 is 0 Å². The van der Waals surface area contributed by atoms with Gasteiger partial charge >= 0.3 is 11.9 Å². The van der Waals surface area contributed by atoms with E-state index in [0.717, 1.165) is 21.9 Å². The fraction of sp³-hybridized carbons (Fsp3) is 0.138. The number of hydrogen-bond acceptors (Lipinski definition) is 6. The zero-order valence-electron chi connectivity index (χ0n) is 19.6. The van der Waals surface area contributed by atoms with Gasteiger partial charge in [0.05, 0.1) is 12.0 Å². The van der Waals surface area contributed by atoms with Crippen molar-refractivity contribution in [2.75, 3.05) is 5.73 Å². The Kier molecular flexibility index (Phi) is 7.93. The van der Waals surface area contributed by atoms with Crippen molar-refractivity contribution in [1.82, 2.24) is 5.32 Å². The molecule has 7 nitrogen and oxygen atoms in total. The van der Waals surface area contributed by atoms with Gasteiger partial charge in [-0.1, -0.05) is 84.9 Å². The molecule has 36 heavy (non-hydrogen) atoms. The minimum atomic E-state index is -1.25. The average Bonchev–Trinajstić information content (AvgIpc) is 2.91. The third-order valence-corrected chi connectivity index (χ3v) is 5.59. The number of ether oxygens (including phenoxy) is 2. The molecule has 0 spiro atoms. The monoisotopic (exact) mass is 482 g/mol. The number of fused-ring (bicyclic) bond motifs is 1. The first-order valence-corrected chi connectivity index (χ1v) is 11.5. The molecular weight excluding hydrogens is 456 g/mol. The number of hydrogen-bond donors (Lipinski definition) is 2. The van der Waals surface area contributed by atoms with Crippen molar-refractivity contribution in [3.05, 3.63) is 114 Å². The third-order valence-electron chi connectivity index (χ3n) is 5.59. The number of rotatable bonds is 9. The first kappa shape index (κ1) is 24.5. The molecule has 4 rings (SSSR count). The van der Waals surface area contributed by atoms with Gasteiger partial charge in [-0.25, -0.2) is 4.79 Å². The molecule has 0 aliphatic carbocycles. The lowest BCUT2D eigenvalue weighted by atomic mass is 10.0. The summed E-state index contributed by atoms with van der Waals surface area (Å²) >= 11 is 0. The summed E-state index contributed by atoms with van der Waals surface area (Å²) in [6.07, 6.45) is -0.389. The summed E-state index contributed by atoms with van der Waals surface area (Å²) in [7, 11) is 0. The molecule has 0 radical (unpaired) electrons. The van der Waals surface area contributed by atoms with Crippen LogP contribution in [0.4, 0.5) is 5.69 Å². The lowest BCUT2D eigenvalue weighted by Gasteiger charge is -2.18. The van der Waals surface area contributed by atoms with Crippen LogP contribution in [-0.2, 0) is 32.3 Å². The van der Waals surface area contributed by atoms with Crippen molar-refractivity contribution < 1.29 is 23.9 Å². The smallest absolute Gasteiger partial charge is 0.329 e. The Labute approximate surface area is 208 Å². The number of carbonyl (C=O) groups excluding carboxylic acids is 3. The second kappa shape index (κ2) is 11.7. The van der Waals surface area contributed by atoms with Crippen LogP contribution in [0, 0.1) is 0 Å². The molecule has 0 heterocycles. The zero-order chi connectivity index (χ0) is 25.3. The van der Waals surface area contributed by atoms with Crippen LogP contribution in [0.5, 0.6) is 0 Å². The molecule has 3 N–H and O–H groups in total. The first-order chi connectivity index (χ1) is 17.5. The predicted molar refractivity (Wildman–Crippen MR) is 137 cm³/mol. The molecule has 4 aromatic carbocycles. The van der Waals surface area contributed by atoms with Crippen molar-refractivity contribution in [3.8, 4) is 0 Å². The van der Waals surface area contributed by atoms with E-state index in [4.69, 9.17) is 15.2 Å². The molecular formula is C29H26N2O5. The number of benzene rings is 4. The van der Waals surface area contributed by atoms with Gasteiger partial charge in [-0.2, -0.15) is 0 Å². The second-order valence-corrected chi connectivity index (χ2v) is 8.26. The lowest BCUT2D eigenvalue weighted by molar-refractivity contribution is -0.153. The molecule has 0 aromatic heterocycles. The lowest BCUT2D eigenvalue weighted by Crippen LogP contribution is -2.43. The maximum Gasteiger partial charge on any atom is 0.329 e. The topological polar surface area (TPSA) is 108 Å². The van der Waals surface area contributed by atoms with Crippen LogP contribution in [0.1, 0.15) is 27.9 Å². The number of esters is 2. The van der Waals surface area contributed by atoms with Crippen LogP contribution in [0.25, 0.3) is 10.8 Å². The molecule has 0 bridgehead atoms. The van der Waals surface area contributed by atoms with Crippen LogP contribution < -0.4 is 11.1 Å². The Morgan fingerprint density at radius 3 is 1.86 bits per heavy atom. The van der Waals surface area contributed by atoms with E-state index in [9.17, 15) is 14.4 Å². The maximum absolute atomic E-state index is 13.1. The Bertz CT molecular complexity index is 1360. The van der Waals surface area contributed by atoms with Crippen LogP contribution in [0.15, 0.2) is 97.1 Å². The molecule has 7 heteroatoms. The van der Waals surface area contributed by atoms with Crippen molar-refractivity contribution in [2.24, 2.45) is 0 Å². The standard InChI is InChI=1S/C29H26N2O5/c30-25-16-23-14-8-7-13-22(23)15-24(25)28(33)31-26(29(34)36-19-21-11-5-2-6-12-21)17-27(32)35-18-20-9-3-1-4-10-20/h1-16,26H,17-19,30H2,(H,31,33)/t26-/m1/s1. The molecule has 182 valence electrons. The van der Waals surface area contributed by atoms with Crippen molar-refractivity contribution >= 4 is 34.3 Å². The summed E-state index contributed by atoms with van der Waals surface area (Å²) < 4.78 is 10.7. The number of nitrogens with one attached hydrogen (secondary N) is 1. The Balaban J connectivity index is 1.48. The summed E-state index contributed by atoms with van der Waals surface area (Å²) in [5.74, 6) is -1.98. The molecule has 0 aliphatic rings. The van der Waals surface area contributed by atoms with Crippen molar-refractivity contribution in [2.45, 2.75) is 25.7 Å². The SMILES string of the molecule is Nc1cc2ccccc2cc1C(=O)N[C@H](CC(=O)OCc1ccccc1)C(=O)OCc1ccccc1. The van der Waals surface area contributed by atoms with E-state index in [-0.39, 0.29) is 30.9 Å². The molecule has 0 fully saturated rings. The van der Waals surface area contributed by atoms with Gasteiger partial charge in [0.25, 0.3) is 5.91 Å².